The van der Waals surface area contributed by atoms with Crippen molar-refractivity contribution < 1.29 is 14.0 Å². The molecule has 2 amide bonds. The lowest BCUT2D eigenvalue weighted by atomic mass is 10.1. The first-order chi connectivity index (χ1) is 9.02. The second-order valence-electron chi connectivity index (χ2n) is 4.58. The number of nitrogens with two attached hydrogens (primary N) is 1. The molecule has 0 unspecified atom stereocenters. The van der Waals surface area contributed by atoms with Crippen LogP contribution in [0.25, 0.3) is 0 Å². The summed E-state index contributed by atoms with van der Waals surface area (Å²) in [5.41, 5.74) is 6.68. The van der Waals surface area contributed by atoms with Crippen LogP contribution in [0.1, 0.15) is 11.1 Å². The van der Waals surface area contributed by atoms with Crippen LogP contribution in [0.2, 0.25) is 0 Å². The SMILES string of the molecule is CN1CCN(Cc2cc(CN)ccc2F)C(=O)C1=O. The smallest absolute Gasteiger partial charge is 0.312 e. The van der Waals surface area contributed by atoms with Crippen molar-refractivity contribution in [2.75, 3.05) is 20.1 Å². The van der Waals surface area contributed by atoms with Crippen LogP contribution in [0.5, 0.6) is 0 Å². The van der Waals surface area contributed by atoms with Gasteiger partial charge in [0.05, 0.1) is 0 Å². The molecule has 0 aromatic heterocycles. The Kier molecular flexibility index (Phi) is 3.80. The number of piperazine rings is 1. The molecular formula is C13H16FN3O2. The fourth-order valence-electron chi connectivity index (χ4n) is 2.01. The number of likely N-dealkylation sites (N-methyl/N-ethyl adjacent to an activating group) is 1. The van der Waals surface area contributed by atoms with Crippen molar-refractivity contribution in [1.82, 2.24) is 9.80 Å². The minimum atomic E-state index is -0.591. The number of hydrogen-bond acceptors (Lipinski definition) is 3. The molecule has 0 spiro atoms. The normalized spacial score (nSPS) is 16.2. The van der Waals surface area contributed by atoms with Crippen molar-refractivity contribution in [3.05, 3.63) is 35.1 Å². The van der Waals surface area contributed by atoms with Gasteiger partial charge < -0.3 is 15.5 Å². The summed E-state index contributed by atoms with van der Waals surface area (Å²) in [5, 5.41) is 0. The lowest BCUT2D eigenvalue weighted by Gasteiger charge is -2.31. The van der Waals surface area contributed by atoms with Gasteiger partial charge in [0.25, 0.3) is 0 Å². The maximum Gasteiger partial charge on any atom is 0.312 e. The van der Waals surface area contributed by atoms with E-state index in [1.807, 2.05) is 0 Å². The predicted octanol–water partition coefficient (Wildman–Crippen LogP) is 0.0850. The Morgan fingerprint density at radius 1 is 1.26 bits per heavy atom. The minimum absolute atomic E-state index is 0.0953. The van der Waals surface area contributed by atoms with Crippen LogP contribution in [0.4, 0.5) is 4.39 Å². The highest BCUT2D eigenvalue weighted by molar-refractivity contribution is 6.35. The minimum Gasteiger partial charge on any atom is -0.336 e. The van der Waals surface area contributed by atoms with Gasteiger partial charge >= 0.3 is 11.8 Å². The van der Waals surface area contributed by atoms with E-state index in [2.05, 4.69) is 0 Å². The number of amides is 2. The first kappa shape index (κ1) is 13.5. The third kappa shape index (κ3) is 2.73. The molecule has 0 aliphatic carbocycles. The number of hydrogen-bond donors (Lipinski definition) is 1. The van der Waals surface area contributed by atoms with Crippen LogP contribution in [0.15, 0.2) is 18.2 Å². The Labute approximate surface area is 110 Å². The molecule has 0 saturated carbocycles. The van der Waals surface area contributed by atoms with Crippen LogP contribution in [-0.4, -0.2) is 41.8 Å². The third-order valence-corrected chi connectivity index (χ3v) is 3.23. The zero-order chi connectivity index (χ0) is 14.0. The fraction of sp³-hybridized carbons (Fsp3) is 0.385. The summed E-state index contributed by atoms with van der Waals surface area (Å²) in [6, 6.07) is 4.57. The molecule has 1 saturated heterocycles. The molecular weight excluding hydrogens is 249 g/mol. The Bertz CT molecular complexity index is 519. The molecule has 19 heavy (non-hydrogen) atoms. The van der Waals surface area contributed by atoms with E-state index < -0.39 is 17.6 Å². The lowest BCUT2D eigenvalue weighted by molar-refractivity contribution is -0.155. The number of benzene rings is 1. The average molecular weight is 265 g/mol. The van der Waals surface area contributed by atoms with Gasteiger partial charge in [-0.3, -0.25) is 9.59 Å². The lowest BCUT2D eigenvalue weighted by Crippen LogP contribution is -2.52. The van der Waals surface area contributed by atoms with Crippen LogP contribution in [0, 0.1) is 5.82 Å². The Morgan fingerprint density at radius 3 is 2.68 bits per heavy atom. The van der Waals surface area contributed by atoms with Crippen LogP contribution < -0.4 is 5.73 Å². The molecule has 2 rings (SSSR count). The Hall–Kier alpha value is -1.95. The summed E-state index contributed by atoms with van der Waals surface area (Å²) >= 11 is 0. The summed E-state index contributed by atoms with van der Waals surface area (Å²) in [6.07, 6.45) is 0. The van der Waals surface area contributed by atoms with Crippen molar-refractivity contribution in [3.63, 3.8) is 0 Å². The quantitative estimate of drug-likeness (QED) is 0.787. The molecule has 1 aromatic carbocycles. The summed E-state index contributed by atoms with van der Waals surface area (Å²) in [4.78, 5) is 26.1. The van der Waals surface area contributed by atoms with Crippen molar-refractivity contribution in [2.45, 2.75) is 13.1 Å². The van der Waals surface area contributed by atoms with Gasteiger partial charge in [-0.15, -0.1) is 0 Å². The fourth-order valence-corrected chi connectivity index (χ4v) is 2.01. The van der Waals surface area contributed by atoms with E-state index in [-0.39, 0.29) is 6.54 Å². The topological polar surface area (TPSA) is 66.6 Å². The van der Waals surface area contributed by atoms with E-state index >= 15 is 0 Å². The summed E-state index contributed by atoms with van der Waals surface area (Å²) in [7, 11) is 1.58. The van der Waals surface area contributed by atoms with Gasteiger partial charge in [-0.05, 0) is 17.7 Å². The van der Waals surface area contributed by atoms with Crippen molar-refractivity contribution >= 4 is 11.8 Å². The van der Waals surface area contributed by atoms with Crippen molar-refractivity contribution in [3.8, 4) is 0 Å². The summed E-state index contributed by atoms with van der Waals surface area (Å²) in [5.74, 6) is -1.54. The monoisotopic (exact) mass is 265 g/mol. The zero-order valence-electron chi connectivity index (χ0n) is 10.7. The number of halogens is 1. The third-order valence-electron chi connectivity index (χ3n) is 3.23. The molecule has 1 heterocycles. The maximum absolute atomic E-state index is 13.7. The molecule has 102 valence electrons. The van der Waals surface area contributed by atoms with E-state index in [0.29, 0.717) is 25.2 Å². The van der Waals surface area contributed by atoms with Crippen LogP contribution in [-0.2, 0) is 22.7 Å². The van der Waals surface area contributed by atoms with Gasteiger partial charge in [0.1, 0.15) is 5.82 Å². The standard InChI is InChI=1S/C13H16FN3O2/c1-16-4-5-17(13(19)12(16)18)8-10-6-9(7-15)2-3-11(10)14/h2-3,6H,4-5,7-8,15H2,1H3. The molecule has 2 N–H and O–H groups in total. The second kappa shape index (κ2) is 5.36. The Balaban J connectivity index is 2.17. The molecule has 1 fully saturated rings. The van der Waals surface area contributed by atoms with Crippen LogP contribution in [0.3, 0.4) is 0 Å². The molecule has 1 aromatic rings. The number of nitrogens with zero attached hydrogens (tertiary/aromatic N) is 2. The molecule has 5 nitrogen and oxygen atoms in total. The molecule has 6 heteroatoms. The van der Waals surface area contributed by atoms with Crippen LogP contribution >= 0.6 is 0 Å². The summed E-state index contributed by atoms with van der Waals surface area (Å²) < 4.78 is 13.7. The first-order valence-corrected chi connectivity index (χ1v) is 6.04. The van der Waals surface area contributed by atoms with Gasteiger partial charge in [0, 0.05) is 38.8 Å². The number of carbonyl (C=O) groups excluding carboxylic acids is 2. The number of carbonyl (C=O) groups is 2. The van der Waals surface area contributed by atoms with E-state index in [9.17, 15) is 14.0 Å². The highest BCUT2D eigenvalue weighted by Crippen LogP contribution is 2.15. The van der Waals surface area contributed by atoms with E-state index in [0.717, 1.165) is 5.56 Å². The molecule has 0 bridgehead atoms. The van der Waals surface area contributed by atoms with Gasteiger partial charge in [0.2, 0.25) is 0 Å². The summed E-state index contributed by atoms with van der Waals surface area (Å²) in [6.45, 7) is 1.27. The van der Waals surface area contributed by atoms with Gasteiger partial charge in [-0.25, -0.2) is 4.39 Å². The van der Waals surface area contributed by atoms with E-state index in [1.165, 1.54) is 15.9 Å². The Morgan fingerprint density at radius 2 is 2.00 bits per heavy atom. The van der Waals surface area contributed by atoms with Gasteiger partial charge in [0.15, 0.2) is 0 Å². The second-order valence-corrected chi connectivity index (χ2v) is 4.58. The average Bonchev–Trinajstić information content (AvgIpc) is 2.41. The van der Waals surface area contributed by atoms with E-state index in [1.54, 1.807) is 19.2 Å². The van der Waals surface area contributed by atoms with Gasteiger partial charge in [-0.2, -0.15) is 0 Å². The maximum atomic E-state index is 13.7. The number of rotatable bonds is 3. The molecule has 1 aliphatic rings. The van der Waals surface area contributed by atoms with Crippen molar-refractivity contribution in [2.24, 2.45) is 5.73 Å². The highest BCUT2D eigenvalue weighted by atomic mass is 19.1. The van der Waals surface area contributed by atoms with Crippen molar-refractivity contribution in [1.29, 1.82) is 0 Å². The van der Waals surface area contributed by atoms with Gasteiger partial charge in [-0.1, -0.05) is 6.07 Å². The van der Waals surface area contributed by atoms with E-state index in [4.69, 9.17) is 5.73 Å². The first-order valence-electron chi connectivity index (χ1n) is 6.04. The molecule has 0 radical (unpaired) electrons. The largest absolute Gasteiger partial charge is 0.336 e. The molecule has 1 aliphatic heterocycles. The zero-order valence-corrected chi connectivity index (χ0v) is 10.7. The highest BCUT2D eigenvalue weighted by Gasteiger charge is 2.30. The predicted molar refractivity (Wildman–Crippen MR) is 67.3 cm³/mol. The molecule has 0 atom stereocenters.